The number of alkyl halides is 3. The lowest BCUT2D eigenvalue weighted by Crippen LogP contribution is -2.55. The molecule has 0 bridgehead atoms. The summed E-state index contributed by atoms with van der Waals surface area (Å²) in [5, 5.41) is 2.72. The first-order valence-corrected chi connectivity index (χ1v) is 16.3. The second-order valence-corrected chi connectivity index (χ2v) is 14.5. The number of carbonyl (C=O) groups is 2. The minimum Gasteiger partial charge on any atom is -0.350 e. The van der Waals surface area contributed by atoms with E-state index in [1.54, 1.807) is 46.8 Å². The van der Waals surface area contributed by atoms with E-state index < -0.39 is 62.4 Å². The molecule has 0 aromatic heterocycles. The number of hydrogen-bond donors (Lipinski definition) is 1. The van der Waals surface area contributed by atoms with Crippen LogP contribution in [0.15, 0.2) is 65.6 Å². The Morgan fingerprint density at radius 2 is 1.53 bits per heavy atom. The minimum absolute atomic E-state index is 0.128. The molecule has 7 nitrogen and oxygen atoms in total. The van der Waals surface area contributed by atoms with Crippen LogP contribution >= 0.6 is 34.8 Å². The zero-order chi connectivity index (χ0) is 33.9. The third-order valence-corrected chi connectivity index (χ3v) is 9.38. The van der Waals surface area contributed by atoms with Crippen LogP contribution in [0.1, 0.15) is 50.8 Å². The Morgan fingerprint density at radius 3 is 2.07 bits per heavy atom. The summed E-state index contributed by atoms with van der Waals surface area (Å²) in [6.45, 7) is 7.51. The standard InChI is InChI=1S/C31H33Cl3F3N3O4S/c1-6-27(29(42)38-30(3,4)5)39(17-20-9-10-21(32)15-26(20)34)28(41)18-40(45(43,44)23-12-7-19(2)8-13-23)22-11-14-25(33)24(16-22)31(35,36)37/h7-16,27H,6,17-18H2,1-5H3,(H,38,42). The number of aryl methyl sites for hydroxylation is 1. The number of carbonyl (C=O) groups excluding carboxylic acids is 2. The van der Waals surface area contributed by atoms with E-state index in [0.29, 0.717) is 21.0 Å². The molecule has 3 aromatic rings. The SMILES string of the molecule is CCC(C(=O)NC(C)(C)C)N(Cc1ccc(Cl)cc1Cl)C(=O)CN(c1ccc(Cl)c(C(F)(F)F)c1)S(=O)(=O)c1ccc(C)cc1. The van der Waals surface area contributed by atoms with Gasteiger partial charge in [0.25, 0.3) is 10.0 Å². The molecule has 0 aliphatic rings. The highest BCUT2D eigenvalue weighted by atomic mass is 35.5. The molecule has 1 unspecified atom stereocenters. The Morgan fingerprint density at radius 1 is 0.911 bits per heavy atom. The molecule has 1 atom stereocenters. The van der Waals surface area contributed by atoms with Crippen LogP contribution in [0.5, 0.6) is 0 Å². The van der Waals surface area contributed by atoms with Crippen molar-refractivity contribution in [2.75, 3.05) is 10.8 Å². The molecule has 3 aromatic carbocycles. The molecule has 0 fully saturated rings. The van der Waals surface area contributed by atoms with Gasteiger partial charge in [0, 0.05) is 22.1 Å². The Labute approximate surface area is 276 Å². The van der Waals surface area contributed by atoms with Crippen molar-refractivity contribution in [2.45, 2.75) is 70.2 Å². The summed E-state index contributed by atoms with van der Waals surface area (Å²) in [6, 6.07) is 11.7. The maximum atomic E-state index is 14.2. The molecule has 0 aliphatic carbocycles. The van der Waals surface area contributed by atoms with Gasteiger partial charge in [-0.25, -0.2) is 8.42 Å². The molecule has 0 radical (unpaired) electrons. The van der Waals surface area contributed by atoms with Crippen LogP contribution in [0.25, 0.3) is 0 Å². The van der Waals surface area contributed by atoms with Crippen molar-refractivity contribution in [1.29, 1.82) is 0 Å². The predicted octanol–water partition coefficient (Wildman–Crippen LogP) is 7.89. The summed E-state index contributed by atoms with van der Waals surface area (Å²) >= 11 is 18.3. The first kappa shape index (κ1) is 36.5. The van der Waals surface area contributed by atoms with Crippen molar-refractivity contribution in [2.24, 2.45) is 0 Å². The van der Waals surface area contributed by atoms with Crippen molar-refractivity contribution in [1.82, 2.24) is 10.2 Å². The van der Waals surface area contributed by atoms with Crippen LogP contribution in [-0.2, 0) is 32.3 Å². The maximum absolute atomic E-state index is 14.2. The Balaban J connectivity index is 2.19. The summed E-state index contributed by atoms with van der Waals surface area (Å²) < 4.78 is 70.1. The molecule has 1 N–H and O–H groups in total. The van der Waals surface area contributed by atoms with Crippen molar-refractivity contribution in [3.8, 4) is 0 Å². The van der Waals surface area contributed by atoms with Gasteiger partial charge in [0.15, 0.2) is 0 Å². The molecule has 45 heavy (non-hydrogen) atoms. The van der Waals surface area contributed by atoms with Crippen molar-refractivity contribution >= 4 is 62.3 Å². The lowest BCUT2D eigenvalue weighted by molar-refractivity contribution is -0.141. The van der Waals surface area contributed by atoms with Crippen molar-refractivity contribution in [3.63, 3.8) is 0 Å². The van der Waals surface area contributed by atoms with E-state index in [1.165, 1.54) is 30.3 Å². The normalized spacial score (nSPS) is 12.9. The van der Waals surface area contributed by atoms with E-state index in [2.05, 4.69) is 5.32 Å². The third kappa shape index (κ3) is 9.28. The van der Waals surface area contributed by atoms with E-state index in [-0.39, 0.29) is 22.9 Å². The van der Waals surface area contributed by atoms with Crippen LogP contribution in [0.2, 0.25) is 15.1 Å². The smallest absolute Gasteiger partial charge is 0.350 e. The third-order valence-electron chi connectivity index (χ3n) is 6.67. The highest BCUT2D eigenvalue weighted by Gasteiger charge is 2.37. The summed E-state index contributed by atoms with van der Waals surface area (Å²) in [7, 11) is -4.61. The zero-order valence-electron chi connectivity index (χ0n) is 25.2. The number of rotatable bonds is 10. The van der Waals surface area contributed by atoms with Gasteiger partial charge >= 0.3 is 6.18 Å². The van der Waals surface area contributed by atoms with Gasteiger partial charge in [0.2, 0.25) is 11.8 Å². The largest absolute Gasteiger partial charge is 0.417 e. The summed E-state index contributed by atoms with van der Waals surface area (Å²) in [5.74, 6) is -1.38. The number of benzene rings is 3. The van der Waals surface area contributed by atoms with Crippen LogP contribution in [0, 0.1) is 6.92 Å². The number of halogens is 6. The first-order chi connectivity index (χ1) is 20.7. The van der Waals surface area contributed by atoms with Gasteiger partial charge in [-0.3, -0.25) is 13.9 Å². The van der Waals surface area contributed by atoms with Gasteiger partial charge < -0.3 is 10.2 Å². The van der Waals surface area contributed by atoms with Gasteiger partial charge in [-0.2, -0.15) is 13.2 Å². The molecule has 14 heteroatoms. The fourth-order valence-electron chi connectivity index (χ4n) is 4.46. The average molecular weight is 707 g/mol. The summed E-state index contributed by atoms with van der Waals surface area (Å²) in [4.78, 5) is 28.5. The van der Waals surface area contributed by atoms with E-state index in [4.69, 9.17) is 34.8 Å². The lowest BCUT2D eigenvalue weighted by atomic mass is 10.1. The topological polar surface area (TPSA) is 86.8 Å². The summed E-state index contributed by atoms with van der Waals surface area (Å²) in [6.07, 6.45) is -4.78. The summed E-state index contributed by atoms with van der Waals surface area (Å²) in [5.41, 5.74) is -1.24. The molecule has 0 saturated carbocycles. The zero-order valence-corrected chi connectivity index (χ0v) is 28.3. The predicted molar refractivity (Wildman–Crippen MR) is 171 cm³/mol. The second-order valence-electron chi connectivity index (χ2n) is 11.4. The van der Waals surface area contributed by atoms with Crippen molar-refractivity contribution < 1.29 is 31.2 Å². The maximum Gasteiger partial charge on any atom is 0.417 e. The highest BCUT2D eigenvalue weighted by molar-refractivity contribution is 7.92. The first-order valence-electron chi connectivity index (χ1n) is 13.8. The number of hydrogen-bond acceptors (Lipinski definition) is 4. The number of nitrogens with zero attached hydrogens (tertiary/aromatic N) is 2. The average Bonchev–Trinajstić information content (AvgIpc) is 2.91. The van der Waals surface area contributed by atoms with Gasteiger partial charge in [-0.05, 0) is 82.1 Å². The molecule has 2 amide bonds. The molecular formula is C31H33Cl3F3N3O4S. The van der Waals surface area contributed by atoms with E-state index in [0.717, 1.165) is 22.6 Å². The minimum atomic E-state index is -4.91. The fourth-order valence-corrected chi connectivity index (χ4v) is 6.56. The van der Waals surface area contributed by atoms with Crippen LogP contribution < -0.4 is 9.62 Å². The number of nitrogens with one attached hydrogen (secondary N) is 1. The molecule has 0 saturated heterocycles. The Kier molecular flexibility index (Phi) is 11.5. The number of amides is 2. The highest BCUT2D eigenvalue weighted by Crippen LogP contribution is 2.38. The van der Waals surface area contributed by atoms with Gasteiger partial charge in [-0.15, -0.1) is 0 Å². The molecule has 3 rings (SSSR count). The number of anilines is 1. The quantitative estimate of drug-likeness (QED) is 0.232. The fraction of sp³-hybridized carbons (Fsp3) is 0.355. The van der Waals surface area contributed by atoms with Crippen molar-refractivity contribution in [3.05, 3.63) is 92.4 Å². The van der Waals surface area contributed by atoms with E-state index >= 15 is 0 Å². The number of sulfonamides is 1. The molecular weight excluding hydrogens is 674 g/mol. The van der Waals surface area contributed by atoms with Gasteiger partial charge in [0.1, 0.15) is 12.6 Å². The van der Waals surface area contributed by atoms with Crippen LogP contribution in [-0.4, -0.2) is 43.3 Å². The Bertz CT molecular complexity index is 1660. The van der Waals surface area contributed by atoms with Gasteiger partial charge in [-0.1, -0.05) is 65.5 Å². The molecule has 0 heterocycles. The second kappa shape index (κ2) is 14.2. The monoisotopic (exact) mass is 705 g/mol. The Hall–Kier alpha value is -2.99. The van der Waals surface area contributed by atoms with Gasteiger partial charge in [0.05, 0.1) is 21.2 Å². The van der Waals surface area contributed by atoms with Crippen LogP contribution in [0.3, 0.4) is 0 Å². The van der Waals surface area contributed by atoms with E-state index in [9.17, 15) is 31.2 Å². The van der Waals surface area contributed by atoms with E-state index in [1.807, 2.05) is 0 Å². The molecule has 244 valence electrons. The van der Waals surface area contributed by atoms with Crippen LogP contribution in [0.4, 0.5) is 18.9 Å². The molecule has 0 aliphatic heterocycles. The lowest BCUT2D eigenvalue weighted by Gasteiger charge is -2.35. The molecule has 0 spiro atoms.